The van der Waals surface area contributed by atoms with Gasteiger partial charge in [-0.2, -0.15) is 5.10 Å². The Balaban J connectivity index is 1.91. The molecule has 0 aliphatic heterocycles. The molecular weight excluding hydrogens is 266 g/mol. The van der Waals surface area contributed by atoms with Crippen molar-refractivity contribution >= 4 is 5.91 Å². The number of carbonyl (C=O) groups excluding carboxylic acids is 1. The number of nitrogens with zero attached hydrogens (tertiary/aromatic N) is 2. The zero-order valence-corrected chi connectivity index (χ0v) is 13.4. The summed E-state index contributed by atoms with van der Waals surface area (Å²) in [6, 6.07) is 1.80. The van der Waals surface area contributed by atoms with Gasteiger partial charge in [0.1, 0.15) is 11.5 Å². The summed E-state index contributed by atoms with van der Waals surface area (Å²) in [6.45, 7) is 8.43. The smallest absolute Gasteiger partial charge is 0.257 e. The van der Waals surface area contributed by atoms with E-state index >= 15 is 0 Å². The van der Waals surface area contributed by atoms with Crippen LogP contribution in [-0.4, -0.2) is 34.6 Å². The van der Waals surface area contributed by atoms with Gasteiger partial charge in [-0.15, -0.1) is 0 Å². The Morgan fingerprint density at radius 1 is 1.33 bits per heavy atom. The predicted octanol–water partition coefficient (Wildman–Crippen LogP) is 2.94. The first-order chi connectivity index (χ1) is 9.90. The third-order valence-corrected chi connectivity index (χ3v) is 3.82. The summed E-state index contributed by atoms with van der Waals surface area (Å²) in [5.41, 5.74) is 4.07. The van der Waals surface area contributed by atoms with Crippen LogP contribution in [0.4, 0.5) is 0 Å². The van der Waals surface area contributed by atoms with Crippen molar-refractivity contribution in [3.8, 4) is 0 Å². The lowest BCUT2D eigenvalue weighted by atomic mass is 10.1. The van der Waals surface area contributed by atoms with E-state index in [1.807, 2.05) is 34.7 Å². The number of rotatable bonds is 5. The highest BCUT2D eigenvalue weighted by Crippen LogP contribution is 2.16. The summed E-state index contributed by atoms with van der Waals surface area (Å²) in [5, 5.41) is 7.18. The van der Waals surface area contributed by atoms with Crippen LogP contribution in [0.15, 0.2) is 10.5 Å². The number of hydrogen-bond acceptors (Lipinski definition) is 3. The van der Waals surface area contributed by atoms with Crippen molar-refractivity contribution in [1.29, 1.82) is 0 Å². The molecule has 0 atom stereocenters. The Hall–Kier alpha value is -2.04. The Morgan fingerprint density at radius 3 is 2.57 bits per heavy atom. The topological polar surface area (TPSA) is 62.1 Å². The van der Waals surface area contributed by atoms with E-state index in [9.17, 15) is 4.79 Å². The zero-order chi connectivity index (χ0) is 15.6. The molecule has 114 valence electrons. The molecule has 0 saturated heterocycles. The lowest BCUT2D eigenvalue weighted by molar-refractivity contribution is 0.0792. The minimum Gasteiger partial charge on any atom is -0.466 e. The summed E-state index contributed by atoms with van der Waals surface area (Å²) < 4.78 is 5.42. The second-order valence-corrected chi connectivity index (χ2v) is 5.57. The average molecular weight is 289 g/mol. The third kappa shape index (κ3) is 3.35. The molecule has 0 saturated carbocycles. The highest BCUT2D eigenvalue weighted by Gasteiger charge is 2.17. The van der Waals surface area contributed by atoms with Gasteiger partial charge < -0.3 is 9.32 Å². The van der Waals surface area contributed by atoms with Crippen LogP contribution >= 0.6 is 0 Å². The van der Waals surface area contributed by atoms with E-state index in [2.05, 4.69) is 10.2 Å². The van der Waals surface area contributed by atoms with Gasteiger partial charge in [-0.25, -0.2) is 0 Å². The SMILES string of the molecule is Cc1cc(C(=O)N(C)CCCc2c(C)n[nH]c2C)c(C)o1. The molecule has 2 heterocycles. The van der Waals surface area contributed by atoms with Crippen LogP contribution in [0.3, 0.4) is 0 Å². The summed E-state index contributed by atoms with van der Waals surface area (Å²) in [6.07, 6.45) is 1.84. The van der Waals surface area contributed by atoms with E-state index in [0.717, 1.165) is 30.0 Å². The van der Waals surface area contributed by atoms with Crippen LogP contribution in [0.2, 0.25) is 0 Å². The van der Waals surface area contributed by atoms with Gasteiger partial charge in [0.15, 0.2) is 0 Å². The minimum absolute atomic E-state index is 0.0185. The monoisotopic (exact) mass is 289 g/mol. The molecule has 1 N–H and O–H groups in total. The molecule has 21 heavy (non-hydrogen) atoms. The number of nitrogens with one attached hydrogen (secondary N) is 1. The van der Waals surface area contributed by atoms with E-state index < -0.39 is 0 Å². The van der Waals surface area contributed by atoms with Crippen LogP contribution in [0.25, 0.3) is 0 Å². The number of carbonyl (C=O) groups is 1. The van der Waals surface area contributed by atoms with Gasteiger partial charge in [-0.05, 0) is 52.2 Å². The molecule has 0 spiro atoms. The van der Waals surface area contributed by atoms with Crippen molar-refractivity contribution in [2.45, 2.75) is 40.5 Å². The first-order valence-corrected chi connectivity index (χ1v) is 7.23. The van der Waals surface area contributed by atoms with Crippen molar-refractivity contribution < 1.29 is 9.21 Å². The largest absolute Gasteiger partial charge is 0.466 e. The second kappa shape index (κ2) is 6.16. The lowest BCUT2D eigenvalue weighted by Crippen LogP contribution is -2.28. The number of aromatic nitrogens is 2. The minimum atomic E-state index is 0.0185. The second-order valence-electron chi connectivity index (χ2n) is 5.57. The molecule has 0 aliphatic rings. The van der Waals surface area contributed by atoms with Gasteiger partial charge in [0.2, 0.25) is 0 Å². The van der Waals surface area contributed by atoms with Gasteiger partial charge in [-0.3, -0.25) is 9.89 Å². The molecule has 0 radical (unpaired) electrons. The first-order valence-electron chi connectivity index (χ1n) is 7.23. The fourth-order valence-corrected chi connectivity index (χ4v) is 2.59. The van der Waals surface area contributed by atoms with E-state index in [4.69, 9.17) is 4.42 Å². The third-order valence-electron chi connectivity index (χ3n) is 3.82. The van der Waals surface area contributed by atoms with E-state index in [0.29, 0.717) is 17.9 Å². The van der Waals surface area contributed by atoms with Crippen LogP contribution < -0.4 is 0 Å². The van der Waals surface area contributed by atoms with Crippen LogP contribution in [0, 0.1) is 27.7 Å². The maximum absolute atomic E-state index is 12.4. The fourth-order valence-electron chi connectivity index (χ4n) is 2.59. The molecule has 0 bridgehead atoms. The first kappa shape index (κ1) is 15.4. The summed E-state index contributed by atoms with van der Waals surface area (Å²) in [4.78, 5) is 14.1. The molecule has 1 amide bonds. The highest BCUT2D eigenvalue weighted by molar-refractivity contribution is 5.95. The Kier molecular flexibility index (Phi) is 4.50. The maximum Gasteiger partial charge on any atom is 0.257 e. The van der Waals surface area contributed by atoms with Crippen molar-refractivity contribution in [3.63, 3.8) is 0 Å². The Morgan fingerprint density at radius 2 is 2.05 bits per heavy atom. The fraction of sp³-hybridized carbons (Fsp3) is 0.500. The van der Waals surface area contributed by atoms with Crippen molar-refractivity contribution in [2.75, 3.05) is 13.6 Å². The number of H-pyrrole nitrogens is 1. The van der Waals surface area contributed by atoms with Gasteiger partial charge in [0.25, 0.3) is 5.91 Å². The van der Waals surface area contributed by atoms with Crippen LogP contribution in [0.5, 0.6) is 0 Å². The number of aryl methyl sites for hydroxylation is 4. The van der Waals surface area contributed by atoms with Crippen molar-refractivity contribution in [1.82, 2.24) is 15.1 Å². The van der Waals surface area contributed by atoms with Gasteiger partial charge >= 0.3 is 0 Å². The molecule has 0 aromatic carbocycles. The molecular formula is C16H23N3O2. The standard InChI is InChI=1S/C16H23N3O2/c1-10-9-15(13(4)21-10)16(20)19(5)8-6-7-14-11(2)17-18-12(14)3/h9H,6-8H2,1-5H3,(H,17,18). The summed E-state index contributed by atoms with van der Waals surface area (Å²) >= 11 is 0. The van der Waals surface area contributed by atoms with Crippen LogP contribution in [-0.2, 0) is 6.42 Å². The maximum atomic E-state index is 12.4. The van der Waals surface area contributed by atoms with Crippen molar-refractivity contribution in [2.24, 2.45) is 0 Å². The van der Waals surface area contributed by atoms with Crippen molar-refractivity contribution in [3.05, 3.63) is 40.1 Å². The molecule has 0 unspecified atom stereocenters. The number of furan rings is 1. The highest BCUT2D eigenvalue weighted by atomic mass is 16.3. The molecule has 0 fully saturated rings. The summed E-state index contributed by atoms with van der Waals surface area (Å²) in [7, 11) is 1.83. The molecule has 5 heteroatoms. The van der Waals surface area contributed by atoms with E-state index in [-0.39, 0.29) is 5.91 Å². The quantitative estimate of drug-likeness (QED) is 0.920. The lowest BCUT2D eigenvalue weighted by Gasteiger charge is -2.16. The van der Waals surface area contributed by atoms with Gasteiger partial charge in [-0.1, -0.05) is 0 Å². The number of amides is 1. The number of aromatic amines is 1. The zero-order valence-electron chi connectivity index (χ0n) is 13.4. The molecule has 2 aromatic rings. The van der Waals surface area contributed by atoms with Gasteiger partial charge in [0.05, 0.1) is 11.3 Å². The summed E-state index contributed by atoms with van der Waals surface area (Å²) in [5.74, 6) is 1.48. The molecule has 0 aliphatic carbocycles. The average Bonchev–Trinajstić information content (AvgIpc) is 2.93. The Bertz CT molecular complexity index is 620. The molecule has 2 aromatic heterocycles. The van der Waals surface area contributed by atoms with E-state index in [1.54, 1.807) is 11.0 Å². The molecule has 2 rings (SSSR count). The normalized spacial score (nSPS) is 10.9. The van der Waals surface area contributed by atoms with E-state index in [1.165, 1.54) is 5.56 Å². The van der Waals surface area contributed by atoms with Gasteiger partial charge in [0, 0.05) is 19.3 Å². The molecule has 5 nitrogen and oxygen atoms in total. The predicted molar refractivity (Wildman–Crippen MR) is 81.5 cm³/mol. The van der Waals surface area contributed by atoms with Crippen LogP contribution in [0.1, 0.15) is 45.3 Å². The number of hydrogen-bond donors (Lipinski definition) is 1. The Labute approximate surface area is 125 Å².